The molecule has 0 spiro atoms. The first-order valence-electron chi connectivity index (χ1n) is 13.0. The first-order chi connectivity index (χ1) is 18.5. The van der Waals surface area contributed by atoms with E-state index in [0.29, 0.717) is 11.6 Å². The molecule has 1 aliphatic heterocycles. The lowest BCUT2D eigenvalue weighted by atomic mass is 9.71. The second-order valence-corrected chi connectivity index (χ2v) is 9.74. The Morgan fingerprint density at radius 2 is 1.92 bits per heavy atom. The molecule has 0 unspecified atom stereocenters. The van der Waals surface area contributed by atoms with Gasteiger partial charge in [0.2, 0.25) is 5.91 Å². The number of hydrogen-bond acceptors (Lipinski definition) is 4. The summed E-state index contributed by atoms with van der Waals surface area (Å²) in [5.74, 6) is 0.0494. The van der Waals surface area contributed by atoms with Crippen LogP contribution in [-0.4, -0.2) is 44.8 Å². The standard InChI is InChI=1S/C26H27F3N6O2.C2H6/c1-16(36)32(2)12-17-10-21(26(27,28)29)22-14-34(25(37)35(22)13-17)20-9-5-8-19(11-20)23(18-6-4-7-18)24-31-30-15-33(24)3;1-2/h5,8-11,13-15,18,23H,4,6-7,12H2,1-3H3;1-2H3/q+1;/t23-;/m1./s1. The predicted molar refractivity (Wildman–Crippen MR) is 142 cm³/mol. The lowest BCUT2D eigenvalue weighted by Gasteiger charge is -2.34. The Kier molecular flexibility index (Phi) is 8.08. The minimum atomic E-state index is -4.68. The van der Waals surface area contributed by atoms with Gasteiger partial charge in [0.15, 0.2) is 0 Å². The second-order valence-electron chi connectivity index (χ2n) is 9.74. The van der Waals surface area contributed by atoms with Crippen molar-refractivity contribution in [1.29, 1.82) is 0 Å². The number of alkyl halides is 3. The number of fused-ring (bicyclic) bond motifs is 1. The molecule has 2 aliphatic rings. The molecule has 1 radical (unpaired) electrons. The van der Waals surface area contributed by atoms with E-state index >= 15 is 0 Å². The van der Waals surface area contributed by atoms with Crippen molar-refractivity contribution in [3.63, 3.8) is 0 Å². The SMILES string of the molecule is CC.CC(=O)N(C)Cc1cc(C(F)(F)F)c2cn(-c3cccc([C@H]([C]4N=NC=[N+]4C)C4CCC4)c3)c(=O)n2c1. The number of carbonyl (C=O) groups is 1. The number of pyridine rings is 1. The number of halogens is 3. The maximum atomic E-state index is 14.0. The molecule has 1 aromatic carbocycles. The fraction of sp³-hybridized carbons (Fsp3) is 0.429. The molecule has 0 saturated heterocycles. The van der Waals surface area contributed by atoms with Crippen molar-refractivity contribution < 1.29 is 22.5 Å². The summed E-state index contributed by atoms with van der Waals surface area (Å²) in [6, 6.07) is 8.31. The summed E-state index contributed by atoms with van der Waals surface area (Å²) >= 11 is 0. The molecule has 207 valence electrons. The molecular weight excluding hydrogens is 509 g/mol. The predicted octanol–water partition coefficient (Wildman–Crippen LogP) is 5.62. The average Bonchev–Trinajstić information content (AvgIpc) is 3.44. The lowest BCUT2D eigenvalue weighted by Crippen LogP contribution is -2.29. The van der Waals surface area contributed by atoms with Crippen molar-refractivity contribution in [3.8, 4) is 5.69 Å². The summed E-state index contributed by atoms with van der Waals surface area (Å²) in [6.07, 6.45) is 3.59. The normalized spacial score (nSPS) is 16.5. The van der Waals surface area contributed by atoms with Crippen LogP contribution in [0.5, 0.6) is 0 Å². The Morgan fingerprint density at radius 1 is 1.21 bits per heavy atom. The van der Waals surface area contributed by atoms with E-state index < -0.39 is 17.4 Å². The van der Waals surface area contributed by atoms with E-state index in [2.05, 4.69) is 10.2 Å². The summed E-state index contributed by atoms with van der Waals surface area (Å²) < 4.78 is 46.2. The van der Waals surface area contributed by atoms with Gasteiger partial charge in [0.05, 0.1) is 34.8 Å². The number of aromatic nitrogens is 2. The third-order valence-corrected chi connectivity index (χ3v) is 7.24. The van der Waals surface area contributed by atoms with Crippen molar-refractivity contribution in [2.75, 3.05) is 14.1 Å². The highest BCUT2D eigenvalue weighted by Crippen LogP contribution is 2.46. The minimum Gasteiger partial charge on any atom is -0.342 e. The molecule has 1 saturated carbocycles. The van der Waals surface area contributed by atoms with Crippen LogP contribution in [0.2, 0.25) is 0 Å². The Balaban J connectivity index is 0.00000172. The van der Waals surface area contributed by atoms with Crippen molar-refractivity contribution in [3.05, 3.63) is 76.1 Å². The second kappa shape index (κ2) is 11.2. The fourth-order valence-corrected chi connectivity index (χ4v) is 4.98. The van der Waals surface area contributed by atoms with E-state index in [-0.39, 0.29) is 29.4 Å². The summed E-state index contributed by atoms with van der Waals surface area (Å²) in [6.45, 7) is 5.28. The van der Waals surface area contributed by atoms with Gasteiger partial charge in [-0.3, -0.25) is 13.8 Å². The van der Waals surface area contributed by atoms with Crippen molar-refractivity contribution in [1.82, 2.24) is 13.9 Å². The molecule has 5 rings (SSSR count). The highest BCUT2D eigenvalue weighted by Gasteiger charge is 2.42. The Morgan fingerprint density at radius 3 is 2.49 bits per heavy atom. The van der Waals surface area contributed by atoms with Gasteiger partial charge in [-0.1, -0.05) is 32.4 Å². The smallest absolute Gasteiger partial charge is 0.342 e. The Bertz CT molecular complexity index is 1480. The van der Waals surface area contributed by atoms with Crippen molar-refractivity contribution in [2.45, 2.75) is 58.7 Å². The van der Waals surface area contributed by atoms with Crippen LogP contribution in [0.15, 0.2) is 57.7 Å². The highest BCUT2D eigenvalue weighted by molar-refractivity contribution is 5.72. The number of azo groups is 1. The van der Waals surface area contributed by atoms with Crippen molar-refractivity contribution >= 4 is 17.8 Å². The molecule has 1 fully saturated rings. The number of nitrogens with zero attached hydrogens (tertiary/aromatic N) is 6. The maximum Gasteiger partial charge on any atom is 0.418 e. The summed E-state index contributed by atoms with van der Waals surface area (Å²) in [5.41, 5.74) is -0.197. The molecule has 1 amide bonds. The van der Waals surface area contributed by atoms with E-state index in [4.69, 9.17) is 0 Å². The van der Waals surface area contributed by atoms with Gasteiger partial charge in [0.1, 0.15) is 0 Å². The zero-order valence-electron chi connectivity index (χ0n) is 22.7. The molecule has 2 aromatic heterocycles. The lowest BCUT2D eigenvalue weighted by molar-refractivity contribution is -0.480. The van der Waals surface area contributed by atoms with Crippen LogP contribution in [0.4, 0.5) is 13.2 Å². The number of imidazole rings is 1. The van der Waals surface area contributed by atoms with Crippen LogP contribution in [0, 0.1) is 12.1 Å². The van der Waals surface area contributed by atoms with E-state index in [1.807, 2.05) is 37.6 Å². The first kappa shape index (κ1) is 28.3. The van der Waals surface area contributed by atoms with E-state index in [9.17, 15) is 22.8 Å². The highest BCUT2D eigenvalue weighted by atomic mass is 19.4. The van der Waals surface area contributed by atoms with E-state index in [0.717, 1.165) is 41.5 Å². The molecule has 1 atom stereocenters. The summed E-state index contributed by atoms with van der Waals surface area (Å²) in [7, 11) is 3.38. The molecular formula is C28H33F3N6O2+. The van der Waals surface area contributed by atoms with Gasteiger partial charge in [-0.2, -0.15) is 13.2 Å². The van der Waals surface area contributed by atoms with Gasteiger partial charge >= 0.3 is 24.4 Å². The van der Waals surface area contributed by atoms with Crippen LogP contribution in [0.3, 0.4) is 0 Å². The monoisotopic (exact) mass is 542 g/mol. The number of rotatable bonds is 6. The minimum absolute atomic E-state index is 0.0339. The molecule has 11 heteroatoms. The van der Waals surface area contributed by atoms with Crippen LogP contribution in [0.25, 0.3) is 11.2 Å². The molecule has 3 heterocycles. The Labute approximate surface area is 225 Å². The average molecular weight is 543 g/mol. The third-order valence-electron chi connectivity index (χ3n) is 7.24. The molecule has 0 N–H and O–H groups in total. The summed E-state index contributed by atoms with van der Waals surface area (Å²) in [4.78, 5) is 26.3. The van der Waals surface area contributed by atoms with E-state index in [1.54, 1.807) is 18.5 Å². The number of benzene rings is 1. The van der Waals surface area contributed by atoms with Crippen LogP contribution >= 0.6 is 0 Å². The van der Waals surface area contributed by atoms with Crippen molar-refractivity contribution in [2.24, 2.45) is 16.1 Å². The number of carbonyl (C=O) groups excluding carboxylic acids is 1. The van der Waals surface area contributed by atoms with Gasteiger partial charge in [-0.25, -0.2) is 9.37 Å². The van der Waals surface area contributed by atoms with Crippen LogP contribution < -0.4 is 5.69 Å². The van der Waals surface area contributed by atoms with Gasteiger partial charge in [0.25, 0.3) is 0 Å². The van der Waals surface area contributed by atoms with Gasteiger partial charge in [-0.05, 0) is 53.2 Å². The molecule has 1 aliphatic carbocycles. The largest absolute Gasteiger partial charge is 0.418 e. The molecule has 8 nitrogen and oxygen atoms in total. The van der Waals surface area contributed by atoms with Gasteiger partial charge in [-0.15, -0.1) is 0 Å². The van der Waals surface area contributed by atoms with Crippen LogP contribution in [0.1, 0.15) is 62.6 Å². The molecule has 0 bridgehead atoms. The molecule has 39 heavy (non-hydrogen) atoms. The first-order valence-corrected chi connectivity index (χ1v) is 13.0. The maximum absolute atomic E-state index is 14.0. The topological polar surface area (TPSA) is 74.4 Å². The van der Waals surface area contributed by atoms with E-state index in [1.165, 1.54) is 35.8 Å². The van der Waals surface area contributed by atoms with Crippen LogP contribution in [-0.2, 0) is 17.5 Å². The zero-order valence-corrected chi connectivity index (χ0v) is 22.7. The number of likely N-dealkylation sites (N-methyl/N-ethyl adjacent to an activating group) is 1. The van der Waals surface area contributed by atoms with Gasteiger partial charge in [0, 0.05) is 32.9 Å². The summed E-state index contributed by atoms with van der Waals surface area (Å²) in [5, 5.41) is 8.35. The number of hydrogen-bond donors (Lipinski definition) is 0. The zero-order chi connectivity index (χ0) is 28.5. The van der Waals surface area contributed by atoms with Gasteiger partial charge < -0.3 is 4.90 Å². The molecule has 3 aromatic rings. The number of amides is 1. The quantitative estimate of drug-likeness (QED) is 0.379. The third kappa shape index (κ3) is 5.53. The fourth-order valence-electron chi connectivity index (χ4n) is 4.98. The Hall–Kier alpha value is -3.76.